The maximum absolute atomic E-state index is 11.6. The number of unbranched alkanes of at least 4 members (excludes halogenated alkanes) is 2. The molecular formula is C15H27NO3. The Morgan fingerprint density at radius 2 is 1.79 bits per heavy atom. The second-order valence-electron chi connectivity index (χ2n) is 4.56. The SMILES string of the molecule is C=CC(=O)N(CCCC)CCCCOC(=O)CCC. The van der Waals surface area contributed by atoms with E-state index in [1.54, 1.807) is 0 Å². The van der Waals surface area contributed by atoms with Crippen LogP contribution in [0.15, 0.2) is 12.7 Å². The summed E-state index contributed by atoms with van der Waals surface area (Å²) in [6, 6.07) is 0. The number of ether oxygens (including phenoxy) is 1. The normalized spacial score (nSPS) is 10.0. The standard InChI is InChI=1S/C15H27NO3/c1-4-7-11-16(14(17)6-3)12-8-9-13-19-15(18)10-5-2/h6H,3-5,7-13H2,1-2H3. The van der Waals surface area contributed by atoms with Crippen LogP contribution in [0.3, 0.4) is 0 Å². The second-order valence-corrected chi connectivity index (χ2v) is 4.56. The molecule has 0 fully saturated rings. The minimum atomic E-state index is -0.132. The number of carbonyl (C=O) groups is 2. The Balaban J connectivity index is 3.77. The molecule has 0 radical (unpaired) electrons. The lowest BCUT2D eigenvalue weighted by atomic mass is 10.2. The molecule has 0 atom stereocenters. The Labute approximate surface area is 116 Å². The molecular weight excluding hydrogens is 242 g/mol. The Kier molecular flexibility index (Phi) is 10.9. The molecule has 0 aromatic carbocycles. The van der Waals surface area contributed by atoms with E-state index in [0.29, 0.717) is 19.6 Å². The van der Waals surface area contributed by atoms with Crippen LogP contribution in [0.4, 0.5) is 0 Å². The molecule has 0 aliphatic rings. The van der Waals surface area contributed by atoms with Crippen LogP contribution in [-0.2, 0) is 14.3 Å². The van der Waals surface area contributed by atoms with Crippen molar-refractivity contribution in [1.29, 1.82) is 0 Å². The van der Waals surface area contributed by atoms with Crippen molar-refractivity contribution in [1.82, 2.24) is 4.90 Å². The maximum Gasteiger partial charge on any atom is 0.305 e. The molecule has 1 amide bonds. The number of hydrogen-bond donors (Lipinski definition) is 0. The Bertz CT molecular complexity index is 277. The van der Waals surface area contributed by atoms with Gasteiger partial charge in [0.25, 0.3) is 0 Å². The Morgan fingerprint density at radius 1 is 1.11 bits per heavy atom. The van der Waals surface area contributed by atoms with E-state index in [1.165, 1.54) is 6.08 Å². The molecule has 0 aliphatic heterocycles. The highest BCUT2D eigenvalue weighted by atomic mass is 16.5. The van der Waals surface area contributed by atoms with E-state index >= 15 is 0 Å². The molecule has 0 aliphatic carbocycles. The van der Waals surface area contributed by atoms with E-state index < -0.39 is 0 Å². The number of amides is 1. The monoisotopic (exact) mass is 269 g/mol. The highest BCUT2D eigenvalue weighted by Gasteiger charge is 2.09. The zero-order valence-electron chi connectivity index (χ0n) is 12.3. The van der Waals surface area contributed by atoms with E-state index in [2.05, 4.69) is 13.5 Å². The third-order valence-electron chi connectivity index (χ3n) is 2.81. The molecule has 0 aromatic heterocycles. The van der Waals surface area contributed by atoms with Gasteiger partial charge in [-0.1, -0.05) is 26.8 Å². The molecule has 4 nitrogen and oxygen atoms in total. The minimum absolute atomic E-state index is 0.0172. The van der Waals surface area contributed by atoms with Gasteiger partial charge in [-0.3, -0.25) is 9.59 Å². The van der Waals surface area contributed by atoms with Crippen molar-refractivity contribution in [2.45, 2.75) is 52.4 Å². The molecule has 0 spiro atoms. The van der Waals surface area contributed by atoms with Crippen molar-refractivity contribution >= 4 is 11.9 Å². The summed E-state index contributed by atoms with van der Waals surface area (Å²) in [7, 11) is 0. The summed E-state index contributed by atoms with van der Waals surface area (Å²) < 4.78 is 5.07. The van der Waals surface area contributed by atoms with Crippen LogP contribution in [0.25, 0.3) is 0 Å². The average Bonchev–Trinajstić information content (AvgIpc) is 2.41. The van der Waals surface area contributed by atoms with Crippen LogP contribution in [0.2, 0.25) is 0 Å². The van der Waals surface area contributed by atoms with Crippen LogP contribution < -0.4 is 0 Å². The molecule has 19 heavy (non-hydrogen) atoms. The van der Waals surface area contributed by atoms with Gasteiger partial charge in [-0.05, 0) is 31.8 Å². The summed E-state index contributed by atoms with van der Waals surface area (Å²) in [6.45, 7) is 9.50. The van der Waals surface area contributed by atoms with Crippen molar-refractivity contribution in [2.24, 2.45) is 0 Å². The Hall–Kier alpha value is -1.32. The van der Waals surface area contributed by atoms with E-state index in [0.717, 1.165) is 38.6 Å². The van der Waals surface area contributed by atoms with Gasteiger partial charge in [-0.25, -0.2) is 0 Å². The highest BCUT2D eigenvalue weighted by Crippen LogP contribution is 2.02. The largest absolute Gasteiger partial charge is 0.466 e. The van der Waals surface area contributed by atoms with Gasteiger partial charge in [0.1, 0.15) is 0 Å². The van der Waals surface area contributed by atoms with Crippen LogP contribution in [0.1, 0.15) is 52.4 Å². The molecule has 0 heterocycles. The quantitative estimate of drug-likeness (QED) is 0.329. The van der Waals surface area contributed by atoms with Gasteiger partial charge in [-0.15, -0.1) is 0 Å². The predicted octanol–water partition coefficient (Wildman–Crippen LogP) is 2.92. The van der Waals surface area contributed by atoms with Gasteiger partial charge >= 0.3 is 5.97 Å². The number of rotatable bonds is 11. The first-order valence-corrected chi connectivity index (χ1v) is 7.22. The molecule has 0 unspecified atom stereocenters. The molecule has 110 valence electrons. The summed E-state index contributed by atoms with van der Waals surface area (Å²) in [6.07, 6.45) is 6.37. The summed E-state index contributed by atoms with van der Waals surface area (Å²) in [5, 5.41) is 0. The molecule has 0 rings (SSSR count). The first-order chi connectivity index (χ1) is 9.15. The molecule has 4 heteroatoms. The number of esters is 1. The molecule has 0 aromatic rings. The maximum atomic E-state index is 11.6. The average molecular weight is 269 g/mol. The van der Waals surface area contributed by atoms with Crippen molar-refractivity contribution in [3.63, 3.8) is 0 Å². The minimum Gasteiger partial charge on any atom is -0.466 e. The van der Waals surface area contributed by atoms with Gasteiger partial charge in [0, 0.05) is 19.5 Å². The fourth-order valence-corrected chi connectivity index (χ4v) is 1.68. The van der Waals surface area contributed by atoms with Gasteiger partial charge in [0.15, 0.2) is 0 Å². The lowest BCUT2D eigenvalue weighted by Crippen LogP contribution is -2.31. The third kappa shape index (κ3) is 9.28. The van der Waals surface area contributed by atoms with E-state index in [4.69, 9.17) is 4.74 Å². The van der Waals surface area contributed by atoms with Gasteiger partial charge < -0.3 is 9.64 Å². The predicted molar refractivity (Wildman–Crippen MR) is 76.8 cm³/mol. The van der Waals surface area contributed by atoms with E-state index in [1.807, 2.05) is 11.8 Å². The lowest BCUT2D eigenvalue weighted by molar-refractivity contribution is -0.144. The van der Waals surface area contributed by atoms with Crippen molar-refractivity contribution in [3.8, 4) is 0 Å². The lowest BCUT2D eigenvalue weighted by Gasteiger charge is -2.20. The smallest absolute Gasteiger partial charge is 0.305 e. The molecule has 0 saturated carbocycles. The first-order valence-electron chi connectivity index (χ1n) is 7.22. The zero-order valence-corrected chi connectivity index (χ0v) is 12.3. The summed E-state index contributed by atoms with van der Waals surface area (Å²) in [4.78, 5) is 24.5. The third-order valence-corrected chi connectivity index (χ3v) is 2.81. The Morgan fingerprint density at radius 3 is 2.37 bits per heavy atom. The molecule has 0 bridgehead atoms. The van der Waals surface area contributed by atoms with Crippen LogP contribution in [-0.4, -0.2) is 36.5 Å². The fraction of sp³-hybridized carbons (Fsp3) is 0.733. The van der Waals surface area contributed by atoms with Crippen LogP contribution in [0, 0.1) is 0 Å². The van der Waals surface area contributed by atoms with Gasteiger partial charge in [0.05, 0.1) is 6.61 Å². The number of nitrogens with zero attached hydrogens (tertiary/aromatic N) is 1. The number of hydrogen-bond acceptors (Lipinski definition) is 3. The summed E-state index contributed by atoms with van der Waals surface area (Å²) in [5.74, 6) is -0.149. The van der Waals surface area contributed by atoms with Gasteiger partial charge in [0.2, 0.25) is 5.91 Å². The van der Waals surface area contributed by atoms with Crippen LogP contribution in [0.5, 0.6) is 0 Å². The fourth-order valence-electron chi connectivity index (χ4n) is 1.68. The summed E-state index contributed by atoms with van der Waals surface area (Å²) in [5.41, 5.74) is 0. The van der Waals surface area contributed by atoms with Crippen molar-refractivity contribution in [3.05, 3.63) is 12.7 Å². The topological polar surface area (TPSA) is 46.6 Å². The first kappa shape index (κ1) is 17.7. The second kappa shape index (κ2) is 11.8. The summed E-state index contributed by atoms with van der Waals surface area (Å²) >= 11 is 0. The van der Waals surface area contributed by atoms with Crippen molar-refractivity contribution < 1.29 is 14.3 Å². The molecule has 0 saturated heterocycles. The van der Waals surface area contributed by atoms with Crippen LogP contribution >= 0.6 is 0 Å². The van der Waals surface area contributed by atoms with Crippen molar-refractivity contribution in [2.75, 3.05) is 19.7 Å². The highest BCUT2D eigenvalue weighted by molar-refractivity contribution is 5.86. The molecule has 0 N–H and O–H groups in total. The van der Waals surface area contributed by atoms with E-state index in [9.17, 15) is 9.59 Å². The van der Waals surface area contributed by atoms with E-state index in [-0.39, 0.29) is 11.9 Å². The van der Waals surface area contributed by atoms with Gasteiger partial charge in [-0.2, -0.15) is 0 Å². The zero-order chi connectivity index (χ0) is 14.5. The number of carbonyl (C=O) groups excluding carboxylic acids is 2.